The van der Waals surface area contributed by atoms with Crippen LogP contribution in [0.25, 0.3) is 104 Å². The van der Waals surface area contributed by atoms with E-state index in [2.05, 4.69) is 42.5 Å². The van der Waals surface area contributed by atoms with Crippen LogP contribution in [-0.2, 0) is 0 Å². The van der Waals surface area contributed by atoms with Gasteiger partial charge in [0.05, 0.1) is 24.9 Å². The molecule has 4 nitrogen and oxygen atoms in total. The number of benzene rings is 8. The van der Waals surface area contributed by atoms with Gasteiger partial charge in [-0.15, -0.1) is 11.3 Å². The Morgan fingerprint density at radius 3 is 1.61 bits per heavy atom. The summed E-state index contributed by atoms with van der Waals surface area (Å²) in [5.74, 6) is 1.48. The number of thiophene rings is 1. The van der Waals surface area contributed by atoms with Crippen molar-refractivity contribution >= 4 is 53.3 Å². The fourth-order valence-electron chi connectivity index (χ4n) is 7.70. The first-order valence-corrected chi connectivity index (χ1v) is 19.1. The molecule has 262 valence electrons. The van der Waals surface area contributed by atoms with Gasteiger partial charge in [-0.25, -0.2) is 15.0 Å². The van der Waals surface area contributed by atoms with E-state index >= 15 is 0 Å². The molecule has 0 aliphatic rings. The molecule has 0 spiro atoms. The van der Waals surface area contributed by atoms with E-state index < -0.39 is 0 Å². The van der Waals surface area contributed by atoms with E-state index in [0.29, 0.717) is 28.7 Å². The van der Waals surface area contributed by atoms with Crippen LogP contribution in [0.15, 0.2) is 194 Å². The molecule has 0 unspecified atom stereocenters. The van der Waals surface area contributed by atoms with Crippen LogP contribution < -0.4 is 0 Å². The molecule has 0 radical (unpaired) electrons. The van der Waals surface area contributed by atoms with E-state index in [-0.39, 0.29) is 58.1 Å². The van der Waals surface area contributed by atoms with Crippen molar-refractivity contribution in [1.29, 1.82) is 0 Å². The predicted octanol–water partition coefficient (Wildman–Crippen LogP) is 13.7. The van der Waals surface area contributed by atoms with E-state index in [4.69, 9.17) is 20.4 Å². The van der Waals surface area contributed by atoms with Gasteiger partial charge >= 0.3 is 0 Å². The van der Waals surface area contributed by atoms with Gasteiger partial charge < -0.3 is 4.57 Å². The number of nitrogens with zero attached hydrogens (tertiary/aromatic N) is 4. The molecule has 0 aliphatic heterocycles. The molecule has 0 aliphatic carbocycles. The minimum atomic E-state index is -0.166. The standard InChI is InChI=1S/C51H32N4S/c1-4-16-33(17-5-1)37-24-15-29-46-47(37)41-26-14-25-40(48(41)56-46)42-32-36(30-31-45(42)55-43-27-12-10-22-38(43)39-23-11-13-28-44(39)55)51-53-49(34-18-6-2-7-19-34)52-50(54-51)35-20-8-3-9-21-35/h1-32H/i10D,11D,22D,23D,27D,28D. The Hall–Kier alpha value is -7.21. The van der Waals surface area contributed by atoms with Crippen LogP contribution in [0.2, 0.25) is 0 Å². The lowest BCUT2D eigenvalue weighted by Gasteiger charge is -2.17. The first kappa shape index (κ1) is 26.5. The minimum absolute atomic E-state index is 0.0254. The normalized spacial score (nSPS) is 13.1. The Morgan fingerprint density at radius 1 is 0.429 bits per heavy atom. The Bertz CT molecular complexity index is 3460. The molecule has 0 N–H and O–H groups in total. The smallest absolute Gasteiger partial charge is 0.164 e. The van der Waals surface area contributed by atoms with Crippen LogP contribution >= 0.6 is 11.3 Å². The highest BCUT2D eigenvalue weighted by molar-refractivity contribution is 7.26. The minimum Gasteiger partial charge on any atom is -0.309 e. The summed E-state index contributed by atoms with van der Waals surface area (Å²) in [5.41, 5.74) is 7.41. The largest absolute Gasteiger partial charge is 0.309 e. The monoisotopic (exact) mass is 738 g/mol. The lowest BCUT2D eigenvalue weighted by atomic mass is 9.96. The fraction of sp³-hybridized carbons (Fsp3) is 0. The van der Waals surface area contributed by atoms with E-state index in [1.165, 1.54) is 12.1 Å². The number of hydrogen-bond donors (Lipinski definition) is 0. The maximum absolute atomic E-state index is 9.27. The second kappa shape index (κ2) is 13.3. The Morgan fingerprint density at radius 2 is 0.982 bits per heavy atom. The SMILES string of the molecule is [2H]c1cc([2H])c2c(c1[2H])c1c([2H])c([2H])cc([2H])c1n2-c1ccc(-c2nc(-c3ccccc3)nc(-c3ccccc3)n2)cc1-c1cccc2c1sc1cccc(-c3ccccc3)c12. The molecule has 0 saturated carbocycles. The van der Waals surface area contributed by atoms with Crippen molar-refractivity contribution in [3.05, 3.63) is 194 Å². The molecule has 0 atom stereocenters. The van der Waals surface area contributed by atoms with Gasteiger partial charge in [-0.3, -0.25) is 0 Å². The van der Waals surface area contributed by atoms with E-state index in [0.717, 1.165) is 53.6 Å². The fourth-order valence-corrected chi connectivity index (χ4v) is 8.95. The summed E-state index contributed by atoms with van der Waals surface area (Å²) in [6, 6.07) is 50.4. The van der Waals surface area contributed by atoms with Crippen molar-refractivity contribution in [2.45, 2.75) is 0 Å². The van der Waals surface area contributed by atoms with E-state index in [1.54, 1.807) is 15.9 Å². The number of aromatic nitrogens is 4. The van der Waals surface area contributed by atoms with Crippen LogP contribution in [0.5, 0.6) is 0 Å². The van der Waals surface area contributed by atoms with Crippen LogP contribution in [-0.4, -0.2) is 19.5 Å². The van der Waals surface area contributed by atoms with Gasteiger partial charge in [0.25, 0.3) is 0 Å². The zero-order chi connectivity index (χ0) is 42.2. The number of fused-ring (bicyclic) bond motifs is 6. The molecular formula is C51H32N4S. The average molecular weight is 739 g/mol. The Balaban J connectivity index is 1.26. The maximum atomic E-state index is 9.27. The summed E-state index contributed by atoms with van der Waals surface area (Å²) in [4.78, 5) is 15.0. The highest BCUT2D eigenvalue weighted by Gasteiger charge is 2.21. The van der Waals surface area contributed by atoms with Crippen molar-refractivity contribution in [3.63, 3.8) is 0 Å². The summed E-state index contributed by atoms with van der Waals surface area (Å²) >= 11 is 1.69. The molecule has 5 heteroatoms. The van der Waals surface area contributed by atoms with E-state index in [9.17, 15) is 2.74 Å². The zero-order valence-corrected chi connectivity index (χ0v) is 30.5. The van der Waals surface area contributed by atoms with Gasteiger partial charge in [0.2, 0.25) is 0 Å². The Kier molecular flexibility index (Phi) is 6.29. The third-order valence-electron chi connectivity index (χ3n) is 10.2. The molecule has 11 rings (SSSR count). The molecule has 3 aromatic heterocycles. The second-order valence-electron chi connectivity index (χ2n) is 13.5. The highest BCUT2D eigenvalue weighted by atomic mass is 32.1. The molecule has 0 fully saturated rings. The van der Waals surface area contributed by atoms with Crippen molar-refractivity contribution < 1.29 is 8.22 Å². The molecule has 0 amide bonds. The summed E-state index contributed by atoms with van der Waals surface area (Å²) in [5, 5.41) is 2.61. The van der Waals surface area contributed by atoms with E-state index in [1.807, 2.05) is 103 Å². The van der Waals surface area contributed by atoms with Gasteiger partial charge in [0.1, 0.15) is 0 Å². The maximum Gasteiger partial charge on any atom is 0.164 e. The molecular weight excluding hydrogens is 701 g/mol. The summed E-state index contributed by atoms with van der Waals surface area (Å²) in [6.07, 6.45) is 0. The van der Waals surface area contributed by atoms with Gasteiger partial charge in [0, 0.05) is 58.8 Å². The summed E-state index contributed by atoms with van der Waals surface area (Å²) in [7, 11) is 0. The molecule has 8 aromatic carbocycles. The van der Waals surface area contributed by atoms with Crippen LogP contribution in [0.1, 0.15) is 8.22 Å². The first-order valence-electron chi connectivity index (χ1n) is 21.3. The number of para-hydroxylation sites is 2. The topological polar surface area (TPSA) is 43.6 Å². The predicted molar refractivity (Wildman–Crippen MR) is 234 cm³/mol. The lowest BCUT2D eigenvalue weighted by molar-refractivity contribution is 1.07. The summed E-state index contributed by atoms with van der Waals surface area (Å²) in [6.45, 7) is 0. The molecule has 0 saturated heterocycles. The Labute approximate surface area is 336 Å². The van der Waals surface area contributed by atoms with Crippen molar-refractivity contribution in [1.82, 2.24) is 19.5 Å². The molecule has 0 bridgehead atoms. The van der Waals surface area contributed by atoms with Gasteiger partial charge in [-0.2, -0.15) is 0 Å². The second-order valence-corrected chi connectivity index (χ2v) is 14.6. The van der Waals surface area contributed by atoms with Crippen molar-refractivity contribution in [3.8, 4) is 62.1 Å². The average Bonchev–Trinajstić information content (AvgIpc) is 3.89. The van der Waals surface area contributed by atoms with Crippen LogP contribution in [0.3, 0.4) is 0 Å². The van der Waals surface area contributed by atoms with Crippen molar-refractivity contribution in [2.24, 2.45) is 0 Å². The highest BCUT2D eigenvalue weighted by Crippen LogP contribution is 2.46. The van der Waals surface area contributed by atoms with Gasteiger partial charge in [-0.05, 0) is 47.5 Å². The third kappa shape index (κ3) is 5.32. The van der Waals surface area contributed by atoms with Gasteiger partial charge in [0.15, 0.2) is 17.5 Å². The third-order valence-corrected chi connectivity index (χ3v) is 11.4. The number of hydrogen-bond acceptors (Lipinski definition) is 4. The summed E-state index contributed by atoms with van der Waals surface area (Å²) < 4.78 is 57.8. The van der Waals surface area contributed by atoms with Crippen LogP contribution in [0.4, 0.5) is 0 Å². The quantitative estimate of drug-likeness (QED) is 0.171. The van der Waals surface area contributed by atoms with Gasteiger partial charge in [-0.1, -0.05) is 158 Å². The number of rotatable bonds is 6. The van der Waals surface area contributed by atoms with Crippen molar-refractivity contribution in [2.75, 3.05) is 0 Å². The molecule has 11 aromatic rings. The lowest BCUT2D eigenvalue weighted by Crippen LogP contribution is -2.02. The van der Waals surface area contributed by atoms with Crippen LogP contribution in [0, 0.1) is 0 Å². The first-order chi connectivity index (χ1) is 30.2. The molecule has 56 heavy (non-hydrogen) atoms. The zero-order valence-electron chi connectivity index (χ0n) is 35.7. The molecule has 3 heterocycles.